The predicted octanol–water partition coefficient (Wildman–Crippen LogP) is 2.37. The van der Waals surface area contributed by atoms with Gasteiger partial charge in [-0.2, -0.15) is 5.10 Å². The number of benzene rings is 1. The van der Waals surface area contributed by atoms with E-state index in [9.17, 15) is 0 Å². The molecule has 2 heterocycles. The number of nitrogens with zero attached hydrogens (tertiary/aromatic N) is 2. The Morgan fingerprint density at radius 1 is 1.25 bits per heavy atom. The van der Waals surface area contributed by atoms with Crippen LogP contribution in [0.1, 0.15) is 18.9 Å². The fraction of sp³-hybridized carbons (Fsp3) is 0.438. The highest BCUT2D eigenvalue weighted by Gasteiger charge is 2.19. The van der Waals surface area contributed by atoms with Crippen LogP contribution in [0.25, 0.3) is 0 Å². The topological polar surface area (TPSA) is 36.9 Å². The minimum absolute atomic E-state index is 0.415. The summed E-state index contributed by atoms with van der Waals surface area (Å²) in [6, 6.07) is 8.68. The summed E-state index contributed by atoms with van der Waals surface area (Å²) >= 11 is 0. The lowest BCUT2D eigenvalue weighted by molar-refractivity contribution is 0.122. The Kier molecular flexibility index (Phi) is 3.74. The van der Waals surface area contributed by atoms with Gasteiger partial charge in [-0.1, -0.05) is 25.6 Å². The minimum atomic E-state index is 0.415. The molecule has 1 saturated heterocycles. The average Bonchev–Trinajstić information content (AvgIpc) is 2.48. The summed E-state index contributed by atoms with van der Waals surface area (Å²) in [5.41, 5.74) is 7.57. The van der Waals surface area contributed by atoms with Crippen molar-refractivity contribution in [2.75, 3.05) is 31.2 Å². The van der Waals surface area contributed by atoms with Gasteiger partial charge >= 0.3 is 0 Å². The zero-order valence-corrected chi connectivity index (χ0v) is 11.9. The van der Waals surface area contributed by atoms with Gasteiger partial charge in [-0.25, -0.2) is 0 Å². The Morgan fingerprint density at radius 3 is 2.60 bits per heavy atom. The van der Waals surface area contributed by atoms with Crippen molar-refractivity contribution in [1.82, 2.24) is 5.43 Å². The van der Waals surface area contributed by atoms with E-state index in [1.165, 1.54) is 11.3 Å². The number of hydrogen-bond acceptors (Lipinski definition) is 4. The predicted molar refractivity (Wildman–Crippen MR) is 82.1 cm³/mol. The molecule has 0 bridgehead atoms. The van der Waals surface area contributed by atoms with Crippen molar-refractivity contribution in [3.63, 3.8) is 0 Å². The lowest BCUT2D eigenvalue weighted by Crippen LogP contribution is -2.36. The molecule has 1 N–H and O–H groups in total. The van der Waals surface area contributed by atoms with Gasteiger partial charge in [0.1, 0.15) is 0 Å². The Balaban J connectivity index is 1.77. The van der Waals surface area contributed by atoms with Crippen LogP contribution in [0.15, 0.2) is 41.6 Å². The number of morpholine rings is 1. The number of hydrogen-bond donors (Lipinski definition) is 1. The smallest absolute Gasteiger partial charge is 0.0711 e. The molecule has 1 aromatic carbocycles. The molecule has 0 amide bonds. The van der Waals surface area contributed by atoms with Crippen molar-refractivity contribution in [2.45, 2.75) is 13.3 Å². The molecule has 1 atom stereocenters. The van der Waals surface area contributed by atoms with Gasteiger partial charge < -0.3 is 9.64 Å². The van der Waals surface area contributed by atoms with E-state index in [1.807, 2.05) is 0 Å². The minimum Gasteiger partial charge on any atom is -0.378 e. The summed E-state index contributed by atoms with van der Waals surface area (Å²) in [6.45, 7) is 9.70. The molecule has 3 rings (SSSR count). The number of nitrogens with one attached hydrogen (secondary N) is 1. The quantitative estimate of drug-likeness (QED) is 0.897. The fourth-order valence-electron chi connectivity index (χ4n) is 2.78. The first kappa shape index (κ1) is 13.2. The number of hydrazone groups is 1. The van der Waals surface area contributed by atoms with Crippen LogP contribution < -0.4 is 10.3 Å². The van der Waals surface area contributed by atoms with Crippen molar-refractivity contribution < 1.29 is 4.74 Å². The van der Waals surface area contributed by atoms with Gasteiger partial charge in [0, 0.05) is 30.4 Å². The Morgan fingerprint density at radius 2 is 1.95 bits per heavy atom. The lowest BCUT2D eigenvalue weighted by atomic mass is 9.93. The Hall–Kier alpha value is -1.81. The van der Waals surface area contributed by atoms with Gasteiger partial charge in [-0.15, -0.1) is 0 Å². The van der Waals surface area contributed by atoms with E-state index in [4.69, 9.17) is 4.74 Å². The molecule has 2 aliphatic rings. The second kappa shape index (κ2) is 5.67. The van der Waals surface area contributed by atoms with Gasteiger partial charge in [0.25, 0.3) is 0 Å². The Bertz CT molecular complexity index is 515. The summed E-state index contributed by atoms with van der Waals surface area (Å²) in [5.74, 6) is 0.415. The van der Waals surface area contributed by atoms with Crippen molar-refractivity contribution in [2.24, 2.45) is 11.0 Å². The first-order chi connectivity index (χ1) is 9.74. The molecule has 106 valence electrons. The van der Waals surface area contributed by atoms with E-state index in [1.54, 1.807) is 0 Å². The van der Waals surface area contributed by atoms with Gasteiger partial charge in [0.05, 0.1) is 18.9 Å². The first-order valence-electron chi connectivity index (χ1n) is 7.18. The maximum atomic E-state index is 5.39. The molecular weight excluding hydrogens is 250 g/mol. The molecule has 0 saturated carbocycles. The van der Waals surface area contributed by atoms with Crippen LogP contribution in [0.3, 0.4) is 0 Å². The van der Waals surface area contributed by atoms with Crippen LogP contribution in [0.2, 0.25) is 0 Å². The Labute approximate surface area is 120 Å². The highest BCUT2D eigenvalue weighted by atomic mass is 16.5. The molecule has 0 spiro atoms. The van der Waals surface area contributed by atoms with E-state index in [0.29, 0.717) is 5.92 Å². The summed E-state index contributed by atoms with van der Waals surface area (Å²) in [5, 5.41) is 4.44. The van der Waals surface area contributed by atoms with Crippen LogP contribution in [0.5, 0.6) is 0 Å². The third kappa shape index (κ3) is 2.70. The number of anilines is 1. The molecule has 0 aromatic heterocycles. The van der Waals surface area contributed by atoms with Crippen LogP contribution in [0, 0.1) is 5.92 Å². The highest BCUT2D eigenvalue weighted by molar-refractivity contribution is 6.02. The summed E-state index contributed by atoms with van der Waals surface area (Å²) in [6.07, 6.45) is 0.948. The van der Waals surface area contributed by atoms with E-state index in [-0.39, 0.29) is 0 Å². The SMILES string of the molecule is C=C1CC(C)C(c2ccc(N3CCOCC3)cc2)=NN1. The largest absolute Gasteiger partial charge is 0.378 e. The summed E-state index contributed by atoms with van der Waals surface area (Å²) in [4.78, 5) is 2.36. The number of allylic oxidation sites excluding steroid dienone is 1. The van der Waals surface area contributed by atoms with E-state index in [2.05, 4.69) is 53.2 Å². The molecule has 4 heteroatoms. The fourth-order valence-corrected chi connectivity index (χ4v) is 2.78. The first-order valence-corrected chi connectivity index (χ1v) is 7.18. The third-order valence-electron chi connectivity index (χ3n) is 3.89. The maximum Gasteiger partial charge on any atom is 0.0711 e. The normalized spacial score (nSPS) is 23.2. The lowest BCUT2D eigenvalue weighted by Gasteiger charge is -2.29. The molecule has 0 aliphatic carbocycles. The van der Waals surface area contributed by atoms with Crippen LogP contribution in [-0.4, -0.2) is 32.0 Å². The van der Waals surface area contributed by atoms with Crippen LogP contribution >= 0.6 is 0 Å². The van der Waals surface area contributed by atoms with Gasteiger partial charge in [-0.3, -0.25) is 5.43 Å². The van der Waals surface area contributed by atoms with E-state index < -0.39 is 0 Å². The van der Waals surface area contributed by atoms with Crippen LogP contribution in [-0.2, 0) is 4.74 Å². The second-order valence-corrected chi connectivity index (χ2v) is 5.46. The third-order valence-corrected chi connectivity index (χ3v) is 3.89. The number of rotatable bonds is 2. The van der Waals surface area contributed by atoms with Crippen molar-refractivity contribution in [1.29, 1.82) is 0 Å². The number of ether oxygens (including phenoxy) is 1. The van der Waals surface area contributed by atoms with Gasteiger partial charge in [0.15, 0.2) is 0 Å². The molecule has 20 heavy (non-hydrogen) atoms. The molecule has 0 radical (unpaired) electrons. The monoisotopic (exact) mass is 271 g/mol. The molecule has 1 aromatic rings. The van der Waals surface area contributed by atoms with Gasteiger partial charge in [0.2, 0.25) is 0 Å². The molecule has 1 fully saturated rings. The van der Waals surface area contributed by atoms with E-state index in [0.717, 1.165) is 44.1 Å². The van der Waals surface area contributed by atoms with Crippen molar-refractivity contribution in [3.8, 4) is 0 Å². The van der Waals surface area contributed by atoms with E-state index >= 15 is 0 Å². The van der Waals surface area contributed by atoms with Gasteiger partial charge in [-0.05, 0) is 24.1 Å². The zero-order chi connectivity index (χ0) is 13.9. The van der Waals surface area contributed by atoms with Crippen molar-refractivity contribution >= 4 is 11.4 Å². The standard InChI is InChI=1S/C16H21N3O/c1-12-11-13(2)17-18-16(12)14-3-5-15(6-4-14)19-7-9-20-10-8-19/h3-6,12,17H,2,7-11H2,1H3. The average molecular weight is 271 g/mol. The molecule has 1 unspecified atom stereocenters. The van der Waals surface area contributed by atoms with Crippen molar-refractivity contribution in [3.05, 3.63) is 42.1 Å². The zero-order valence-electron chi connectivity index (χ0n) is 11.9. The summed E-state index contributed by atoms with van der Waals surface area (Å²) in [7, 11) is 0. The second-order valence-electron chi connectivity index (χ2n) is 5.46. The highest BCUT2D eigenvalue weighted by Crippen LogP contribution is 2.22. The molecule has 4 nitrogen and oxygen atoms in total. The summed E-state index contributed by atoms with van der Waals surface area (Å²) < 4.78 is 5.39. The molecular formula is C16H21N3O. The molecule has 2 aliphatic heterocycles. The van der Waals surface area contributed by atoms with Crippen LogP contribution in [0.4, 0.5) is 5.69 Å². The maximum absolute atomic E-state index is 5.39.